The SMILES string of the molecule is COc1ccc(Cn2c(NCCN=C(N)NC3CCCCC3)nc(=O)n(Cc3cc(Cl)cc(Cl)c3)c2=O)cc1. The number of aliphatic imine (C=N–C) groups is 1. The Hall–Kier alpha value is -3.50. The number of nitrogens with two attached hydrogens (primary N) is 1. The molecule has 1 aromatic heterocycles. The molecule has 3 aromatic rings. The number of nitrogens with one attached hydrogen (secondary N) is 2. The molecule has 1 fully saturated rings. The number of rotatable bonds is 10. The lowest BCUT2D eigenvalue weighted by atomic mass is 9.96. The van der Waals surface area contributed by atoms with Crippen molar-refractivity contribution in [1.29, 1.82) is 0 Å². The van der Waals surface area contributed by atoms with Crippen LogP contribution in [0, 0.1) is 0 Å². The zero-order valence-electron chi connectivity index (χ0n) is 21.8. The molecule has 0 aliphatic heterocycles. The van der Waals surface area contributed by atoms with Gasteiger partial charge in [0.25, 0.3) is 0 Å². The van der Waals surface area contributed by atoms with Gasteiger partial charge in [-0.2, -0.15) is 4.98 Å². The van der Waals surface area contributed by atoms with Gasteiger partial charge >= 0.3 is 11.4 Å². The largest absolute Gasteiger partial charge is 0.497 e. The van der Waals surface area contributed by atoms with Gasteiger partial charge in [-0.25, -0.2) is 14.2 Å². The molecule has 4 rings (SSSR count). The van der Waals surface area contributed by atoms with Gasteiger partial charge in [-0.1, -0.05) is 54.6 Å². The normalized spacial score (nSPS) is 14.3. The third-order valence-electron chi connectivity index (χ3n) is 6.55. The first-order valence-corrected chi connectivity index (χ1v) is 13.7. The minimum Gasteiger partial charge on any atom is -0.497 e. The molecule has 0 amide bonds. The molecule has 1 heterocycles. The Labute approximate surface area is 236 Å². The summed E-state index contributed by atoms with van der Waals surface area (Å²) in [6.45, 7) is 0.828. The summed E-state index contributed by atoms with van der Waals surface area (Å²) in [5.74, 6) is 1.24. The summed E-state index contributed by atoms with van der Waals surface area (Å²) in [7, 11) is 1.59. The molecule has 39 heavy (non-hydrogen) atoms. The Kier molecular flexibility index (Phi) is 9.89. The third kappa shape index (κ3) is 8.00. The minimum absolute atomic E-state index is 0.0263. The lowest BCUT2D eigenvalue weighted by Gasteiger charge is -2.23. The lowest BCUT2D eigenvalue weighted by molar-refractivity contribution is 0.412. The quantitative estimate of drug-likeness (QED) is 0.192. The van der Waals surface area contributed by atoms with Crippen LogP contribution in [0.5, 0.6) is 5.75 Å². The van der Waals surface area contributed by atoms with E-state index >= 15 is 0 Å². The molecule has 0 unspecified atom stereocenters. The summed E-state index contributed by atoms with van der Waals surface area (Å²) in [5.41, 5.74) is 6.29. The number of aromatic nitrogens is 3. The van der Waals surface area contributed by atoms with Gasteiger partial charge in [0, 0.05) is 22.6 Å². The van der Waals surface area contributed by atoms with E-state index in [4.69, 9.17) is 33.7 Å². The molecule has 0 bridgehead atoms. The van der Waals surface area contributed by atoms with Crippen molar-refractivity contribution < 1.29 is 4.74 Å². The van der Waals surface area contributed by atoms with E-state index < -0.39 is 11.4 Å². The number of methoxy groups -OCH3 is 1. The second-order valence-corrected chi connectivity index (χ2v) is 10.3. The molecular weight excluding hydrogens is 541 g/mol. The first kappa shape index (κ1) is 28.5. The Morgan fingerprint density at radius 1 is 1.03 bits per heavy atom. The number of benzene rings is 2. The molecule has 0 radical (unpaired) electrons. The van der Waals surface area contributed by atoms with Crippen LogP contribution in [0.2, 0.25) is 10.0 Å². The van der Waals surface area contributed by atoms with E-state index in [2.05, 4.69) is 20.6 Å². The van der Waals surface area contributed by atoms with Crippen molar-refractivity contribution in [2.45, 2.75) is 51.2 Å². The number of guanidine groups is 1. The predicted octanol–water partition coefficient (Wildman–Crippen LogP) is 3.47. The van der Waals surface area contributed by atoms with Crippen LogP contribution in [0.4, 0.5) is 5.95 Å². The van der Waals surface area contributed by atoms with Gasteiger partial charge in [-0.3, -0.25) is 9.56 Å². The van der Waals surface area contributed by atoms with Gasteiger partial charge in [0.1, 0.15) is 5.75 Å². The molecule has 12 heteroatoms. The molecular formula is C27H33Cl2N7O3. The van der Waals surface area contributed by atoms with Crippen LogP contribution in [0.3, 0.4) is 0 Å². The van der Waals surface area contributed by atoms with Crippen molar-refractivity contribution in [1.82, 2.24) is 19.4 Å². The fraction of sp³-hybridized carbons (Fsp3) is 0.407. The summed E-state index contributed by atoms with van der Waals surface area (Å²) < 4.78 is 7.71. The zero-order valence-corrected chi connectivity index (χ0v) is 23.3. The third-order valence-corrected chi connectivity index (χ3v) is 6.98. The molecule has 0 atom stereocenters. The summed E-state index contributed by atoms with van der Waals surface area (Å²) in [4.78, 5) is 35.1. The van der Waals surface area contributed by atoms with E-state index in [1.807, 2.05) is 24.3 Å². The Balaban J connectivity index is 1.55. The highest BCUT2D eigenvalue weighted by Gasteiger charge is 2.16. The molecule has 2 aromatic carbocycles. The molecule has 1 saturated carbocycles. The van der Waals surface area contributed by atoms with Crippen LogP contribution in [-0.4, -0.2) is 46.3 Å². The maximum absolute atomic E-state index is 13.6. The van der Waals surface area contributed by atoms with Crippen molar-refractivity contribution >= 4 is 35.1 Å². The van der Waals surface area contributed by atoms with Crippen LogP contribution in [-0.2, 0) is 13.1 Å². The van der Waals surface area contributed by atoms with Gasteiger partial charge < -0.3 is 21.1 Å². The number of nitrogens with zero attached hydrogens (tertiary/aromatic N) is 4. The van der Waals surface area contributed by atoms with Crippen molar-refractivity contribution in [3.8, 4) is 5.75 Å². The zero-order chi connectivity index (χ0) is 27.8. The average Bonchev–Trinajstić information content (AvgIpc) is 2.91. The number of halogens is 2. The van der Waals surface area contributed by atoms with Crippen LogP contribution in [0.1, 0.15) is 43.2 Å². The number of hydrogen-bond acceptors (Lipinski definition) is 6. The van der Waals surface area contributed by atoms with Gasteiger partial charge in [-0.05, 0) is 54.3 Å². The van der Waals surface area contributed by atoms with Crippen molar-refractivity contribution in [3.63, 3.8) is 0 Å². The monoisotopic (exact) mass is 573 g/mol. The van der Waals surface area contributed by atoms with Crippen LogP contribution in [0.15, 0.2) is 57.0 Å². The molecule has 0 spiro atoms. The van der Waals surface area contributed by atoms with E-state index in [0.717, 1.165) is 23.0 Å². The van der Waals surface area contributed by atoms with Crippen LogP contribution in [0.25, 0.3) is 0 Å². The Morgan fingerprint density at radius 2 is 1.69 bits per heavy atom. The van der Waals surface area contributed by atoms with Crippen LogP contribution >= 0.6 is 23.2 Å². The van der Waals surface area contributed by atoms with Crippen LogP contribution < -0.4 is 32.5 Å². The van der Waals surface area contributed by atoms with E-state index in [1.54, 1.807) is 25.3 Å². The highest BCUT2D eigenvalue weighted by atomic mass is 35.5. The molecule has 208 valence electrons. The van der Waals surface area contributed by atoms with Crippen molar-refractivity contribution in [2.24, 2.45) is 10.7 Å². The first-order valence-electron chi connectivity index (χ1n) is 12.9. The molecule has 1 aliphatic carbocycles. The van der Waals surface area contributed by atoms with Crippen molar-refractivity contribution in [2.75, 3.05) is 25.5 Å². The molecule has 0 saturated heterocycles. The summed E-state index contributed by atoms with van der Waals surface area (Å²) >= 11 is 12.2. The van der Waals surface area contributed by atoms with Crippen molar-refractivity contribution in [3.05, 3.63) is 84.6 Å². The maximum atomic E-state index is 13.6. The van der Waals surface area contributed by atoms with Gasteiger partial charge in [-0.15, -0.1) is 0 Å². The van der Waals surface area contributed by atoms with Gasteiger partial charge in [0.05, 0.1) is 26.7 Å². The van der Waals surface area contributed by atoms with Gasteiger partial charge in [0.2, 0.25) is 5.95 Å². The first-order chi connectivity index (χ1) is 18.8. The Morgan fingerprint density at radius 3 is 2.36 bits per heavy atom. The maximum Gasteiger partial charge on any atom is 0.355 e. The lowest BCUT2D eigenvalue weighted by Crippen LogP contribution is -2.43. The fourth-order valence-electron chi connectivity index (χ4n) is 4.59. The standard InChI is InChI=1S/C27H33Cl2N7O3/c1-39-23-9-7-18(8-10-23)16-35-25(32-12-11-31-24(30)33-22-5-3-2-4-6-22)34-26(37)36(27(35)38)17-19-13-20(28)15-21(29)14-19/h7-10,13-15,22H,2-6,11-12,16-17H2,1H3,(H3,30,31,33)(H,32,34,37). The minimum atomic E-state index is -0.688. The molecule has 4 N–H and O–H groups in total. The van der Waals surface area contributed by atoms with E-state index in [-0.39, 0.29) is 19.0 Å². The number of anilines is 1. The van der Waals surface area contributed by atoms with Gasteiger partial charge in [0.15, 0.2) is 5.96 Å². The summed E-state index contributed by atoms with van der Waals surface area (Å²) in [6.07, 6.45) is 5.83. The van der Waals surface area contributed by atoms with E-state index in [1.165, 1.54) is 23.8 Å². The number of ether oxygens (including phenoxy) is 1. The second kappa shape index (κ2) is 13.5. The highest BCUT2D eigenvalue weighted by molar-refractivity contribution is 6.34. The highest BCUT2D eigenvalue weighted by Crippen LogP contribution is 2.20. The topological polar surface area (TPSA) is 129 Å². The second-order valence-electron chi connectivity index (χ2n) is 9.47. The summed E-state index contributed by atoms with van der Waals surface area (Å²) in [6, 6.07) is 12.6. The fourth-order valence-corrected chi connectivity index (χ4v) is 5.16. The van der Waals surface area contributed by atoms with E-state index in [0.29, 0.717) is 46.4 Å². The average molecular weight is 575 g/mol. The number of hydrogen-bond donors (Lipinski definition) is 3. The van der Waals surface area contributed by atoms with E-state index in [9.17, 15) is 9.59 Å². The molecule has 10 nitrogen and oxygen atoms in total. The Bertz CT molecular complexity index is 1390. The summed E-state index contributed by atoms with van der Waals surface area (Å²) in [5, 5.41) is 7.18. The molecule has 1 aliphatic rings. The predicted molar refractivity (Wildman–Crippen MR) is 155 cm³/mol. The smallest absolute Gasteiger partial charge is 0.355 e.